The van der Waals surface area contributed by atoms with Crippen LogP contribution < -0.4 is 4.74 Å². The summed E-state index contributed by atoms with van der Waals surface area (Å²) in [5.41, 5.74) is 0.978. The first kappa shape index (κ1) is 18.3. The Hall–Kier alpha value is -2.47. The highest BCUT2D eigenvalue weighted by Crippen LogP contribution is 2.30. The third kappa shape index (κ3) is 4.79. The van der Waals surface area contributed by atoms with Crippen LogP contribution in [0.4, 0.5) is 0 Å². The van der Waals surface area contributed by atoms with E-state index in [1.165, 1.54) is 0 Å². The summed E-state index contributed by atoms with van der Waals surface area (Å²) in [6.07, 6.45) is 4.05. The van der Waals surface area contributed by atoms with Gasteiger partial charge in [-0.15, -0.1) is 0 Å². The van der Waals surface area contributed by atoms with Gasteiger partial charge in [-0.05, 0) is 45.1 Å². The molecular weight excluding hydrogens is 328 g/mol. The van der Waals surface area contributed by atoms with Gasteiger partial charge in [0.25, 0.3) is 0 Å². The summed E-state index contributed by atoms with van der Waals surface area (Å²) in [4.78, 5) is 25.8. The summed E-state index contributed by atoms with van der Waals surface area (Å²) in [5.74, 6) is 1.64. The van der Waals surface area contributed by atoms with Crippen molar-refractivity contribution in [2.75, 3.05) is 27.2 Å². The van der Waals surface area contributed by atoms with E-state index in [9.17, 15) is 4.79 Å². The van der Waals surface area contributed by atoms with Crippen LogP contribution in [0.15, 0.2) is 42.6 Å². The third-order valence-corrected chi connectivity index (χ3v) is 4.41. The number of likely N-dealkylation sites (tertiary alicyclic amines) is 1. The van der Waals surface area contributed by atoms with Crippen molar-refractivity contribution in [3.63, 3.8) is 0 Å². The van der Waals surface area contributed by atoms with Crippen LogP contribution in [0, 0.1) is 0 Å². The lowest BCUT2D eigenvalue weighted by Crippen LogP contribution is -2.32. The molecule has 2 aromatic rings. The number of para-hydroxylation sites is 1. The molecule has 0 saturated carbocycles. The number of aromatic nitrogens is 2. The van der Waals surface area contributed by atoms with Crippen molar-refractivity contribution < 1.29 is 9.53 Å². The lowest BCUT2D eigenvalue weighted by Gasteiger charge is -2.24. The Kier molecular flexibility index (Phi) is 6.17. The summed E-state index contributed by atoms with van der Waals surface area (Å²) in [6.45, 7) is 1.91. The number of carbonyl (C=O) groups is 1. The molecule has 1 amide bonds. The largest absolute Gasteiger partial charge is 0.493 e. The normalized spacial score (nSPS) is 16.9. The molecule has 2 heterocycles. The van der Waals surface area contributed by atoms with E-state index in [1.807, 2.05) is 55.4 Å². The molecule has 6 heteroatoms. The minimum Gasteiger partial charge on any atom is -0.493 e. The number of nitrogens with zero attached hydrogens (tertiary/aromatic N) is 4. The highest BCUT2D eigenvalue weighted by atomic mass is 16.5. The van der Waals surface area contributed by atoms with Gasteiger partial charge in [0.2, 0.25) is 5.91 Å². The van der Waals surface area contributed by atoms with E-state index >= 15 is 0 Å². The molecule has 1 fully saturated rings. The minimum absolute atomic E-state index is 0.0265. The van der Waals surface area contributed by atoms with Gasteiger partial charge in [-0.2, -0.15) is 0 Å². The molecule has 0 bridgehead atoms. The topological polar surface area (TPSA) is 58.6 Å². The molecule has 1 saturated heterocycles. The molecule has 1 unspecified atom stereocenters. The van der Waals surface area contributed by atoms with Crippen molar-refractivity contribution in [2.24, 2.45) is 0 Å². The maximum Gasteiger partial charge on any atom is 0.226 e. The molecule has 3 rings (SSSR count). The Labute approximate surface area is 154 Å². The molecule has 0 spiro atoms. The first-order chi connectivity index (χ1) is 12.6. The maximum atomic E-state index is 12.7. The summed E-state index contributed by atoms with van der Waals surface area (Å²) >= 11 is 0. The lowest BCUT2D eigenvalue weighted by molar-refractivity contribution is -0.132. The number of carbonyl (C=O) groups excluding carboxylic acids is 1. The van der Waals surface area contributed by atoms with Gasteiger partial charge in [0.05, 0.1) is 24.8 Å². The molecule has 6 nitrogen and oxygen atoms in total. The van der Waals surface area contributed by atoms with Gasteiger partial charge in [-0.3, -0.25) is 4.79 Å². The fourth-order valence-corrected chi connectivity index (χ4v) is 3.24. The monoisotopic (exact) mass is 354 g/mol. The molecule has 1 aromatic heterocycles. The van der Waals surface area contributed by atoms with Crippen molar-refractivity contribution in [3.05, 3.63) is 54.1 Å². The first-order valence-electron chi connectivity index (χ1n) is 9.07. The van der Waals surface area contributed by atoms with Gasteiger partial charge < -0.3 is 14.5 Å². The van der Waals surface area contributed by atoms with Gasteiger partial charge >= 0.3 is 0 Å². The summed E-state index contributed by atoms with van der Waals surface area (Å²) in [7, 11) is 4.03. The summed E-state index contributed by atoms with van der Waals surface area (Å²) in [5, 5.41) is 0. The van der Waals surface area contributed by atoms with Gasteiger partial charge in [-0.1, -0.05) is 18.2 Å². The lowest BCUT2D eigenvalue weighted by atomic mass is 10.2. The van der Waals surface area contributed by atoms with Crippen molar-refractivity contribution >= 4 is 5.91 Å². The summed E-state index contributed by atoms with van der Waals surface area (Å²) < 4.78 is 5.66. The number of amides is 1. The Bertz CT molecular complexity index is 721. The number of ether oxygens (including phenoxy) is 1. The third-order valence-electron chi connectivity index (χ3n) is 4.41. The Morgan fingerprint density at radius 3 is 2.85 bits per heavy atom. The fraction of sp³-hybridized carbons (Fsp3) is 0.450. The van der Waals surface area contributed by atoms with E-state index in [2.05, 4.69) is 14.9 Å². The molecular formula is C20H26N4O2. The highest BCUT2D eigenvalue weighted by molar-refractivity contribution is 5.77. The van der Waals surface area contributed by atoms with Crippen LogP contribution >= 0.6 is 0 Å². The van der Waals surface area contributed by atoms with E-state index in [-0.39, 0.29) is 11.9 Å². The first-order valence-corrected chi connectivity index (χ1v) is 9.07. The fourth-order valence-electron chi connectivity index (χ4n) is 3.24. The zero-order valence-corrected chi connectivity index (χ0v) is 15.5. The van der Waals surface area contributed by atoms with Crippen LogP contribution in [0.25, 0.3) is 0 Å². The predicted octanol–water partition coefficient (Wildman–Crippen LogP) is 2.67. The average molecular weight is 354 g/mol. The van der Waals surface area contributed by atoms with Crippen LogP contribution in [0.2, 0.25) is 0 Å². The van der Waals surface area contributed by atoms with E-state index in [4.69, 9.17) is 4.74 Å². The number of benzene rings is 1. The zero-order valence-electron chi connectivity index (χ0n) is 15.5. The Balaban J connectivity index is 1.59. The second-order valence-electron chi connectivity index (χ2n) is 6.80. The molecule has 0 aliphatic carbocycles. The van der Waals surface area contributed by atoms with Crippen LogP contribution in [0.5, 0.6) is 5.75 Å². The molecule has 1 aliphatic heterocycles. The Morgan fingerprint density at radius 1 is 1.27 bits per heavy atom. The summed E-state index contributed by atoms with van der Waals surface area (Å²) in [6, 6.07) is 11.5. The van der Waals surface area contributed by atoms with Crippen LogP contribution in [0.1, 0.15) is 36.8 Å². The zero-order chi connectivity index (χ0) is 18.4. The molecule has 1 atom stereocenters. The van der Waals surface area contributed by atoms with Gasteiger partial charge in [-0.25, -0.2) is 9.97 Å². The molecule has 1 aliphatic rings. The number of hydrogen-bond acceptors (Lipinski definition) is 5. The number of rotatable bonds is 7. The van der Waals surface area contributed by atoms with Crippen LogP contribution in [-0.4, -0.2) is 52.9 Å². The maximum absolute atomic E-state index is 12.7. The van der Waals surface area contributed by atoms with Crippen molar-refractivity contribution in [2.45, 2.75) is 31.8 Å². The molecule has 1 aromatic carbocycles. The highest BCUT2D eigenvalue weighted by Gasteiger charge is 2.31. The Morgan fingerprint density at radius 2 is 2.08 bits per heavy atom. The van der Waals surface area contributed by atoms with E-state index in [0.717, 1.165) is 43.2 Å². The van der Waals surface area contributed by atoms with Gasteiger partial charge in [0.1, 0.15) is 5.75 Å². The quantitative estimate of drug-likeness (QED) is 0.765. The van der Waals surface area contributed by atoms with E-state index in [1.54, 1.807) is 6.20 Å². The van der Waals surface area contributed by atoms with Crippen molar-refractivity contribution in [3.8, 4) is 5.75 Å². The SMILES string of the molecule is CN(C)Cc1ccnc(C2CCCN2C(=O)CCOc2ccccc2)n1. The number of hydrogen-bond donors (Lipinski definition) is 0. The predicted molar refractivity (Wildman–Crippen MR) is 99.7 cm³/mol. The standard InChI is InChI=1S/C20H26N4O2/c1-23(2)15-16-10-12-21-20(22-16)18-9-6-13-24(18)19(25)11-14-26-17-7-4-3-5-8-17/h3-5,7-8,10,12,18H,6,9,11,13-15H2,1-2H3. The van der Waals surface area contributed by atoms with E-state index in [0.29, 0.717) is 13.0 Å². The second kappa shape index (κ2) is 8.76. The van der Waals surface area contributed by atoms with Gasteiger partial charge in [0, 0.05) is 19.3 Å². The van der Waals surface area contributed by atoms with E-state index < -0.39 is 0 Å². The molecule has 0 radical (unpaired) electrons. The molecule has 0 N–H and O–H groups in total. The second-order valence-corrected chi connectivity index (χ2v) is 6.80. The van der Waals surface area contributed by atoms with Crippen LogP contribution in [-0.2, 0) is 11.3 Å². The van der Waals surface area contributed by atoms with Gasteiger partial charge in [0.15, 0.2) is 5.82 Å². The molecule has 138 valence electrons. The van der Waals surface area contributed by atoms with Crippen LogP contribution in [0.3, 0.4) is 0 Å². The van der Waals surface area contributed by atoms with Crippen molar-refractivity contribution in [1.29, 1.82) is 0 Å². The molecule has 26 heavy (non-hydrogen) atoms. The van der Waals surface area contributed by atoms with Crippen molar-refractivity contribution in [1.82, 2.24) is 19.8 Å². The minimum atomic E-state index is -0.0265. The smallest absolute Gasteiger partial charge is 0.226 e. The average Bonchev–Trinajstić information content (AvgIpc) is 3.12.